The Morgan fingerprint density at radius 3 is 2.50 bits per heavy atom. The average molecular weight is 718 g/mol. The fraction of sp³-hybridized carbons (Fsp3) is 0.564. The van der Waals surface area contributed by atoms with E-state index in [0.29, 0.717) is 30.1 Å². The summed E-state index contributed by atoms with van der Waals surface area (Å²) >= 11 is 0. The van der Waals surface area contributed by atoms with Gasteiger partial charge in [-0.2, -0.15) is 5.26 Å². The highest BCUT2D eigenvalue weighted by Crippen LogP contribution is 2.58. The second-order valence-electron chi connectivity index (χ2n) is 15.1. The van der Waals surface area contributed by atoms with Crippen molar-refractivity contribution >= 4 is 12.0 Å². The first-order valence-corrected chi connectivity index (χ1v) is 17.8. The Morgan fingerprint density at radius 2 is 1.83 bits per heavy atom. The van der Waals surface area contributed by atoms with Gasteiger partial charge in [0.15, 0.2) is 18.3 Å². The number of ether oxygens (including phenoxy) is 6. The van der Waals surface area contributed by atoms with E-state index < -0.39 is 35.7 Å². The minimum absolute atomic E-state index is 0.0365. The van der Waals surface area contributed by atoms with Gasteiger partial charge in [0, 0.05) is 48.0 Å². The van der Waals surface area contributed by atoms with Crippen LogP contribution < -0.4 is 29.6 Å². The number of benzene rings is 2. The lowest BCUT2D eigenvalue weighted by molar-refractivity contribution is -0.123. The molecule has 2 aromatic carbocycles. The van der Waals surface area contributed by atoms with Gasteiger partial charge in [0.05, 0.1) is 18.2 Å². The van der Waals surface area contributed by atoms with E-state index in [1.54, 1.807) is 40.9 Å². The van der Waals surface area contributed by atoms with Gasteiger partial charge in [-0.3, -0.25) is 14.6 Å². The molecule has 13 heteroatoms. The van der Waals surface area contributed by atoms with Crippen LogP contribution in [0.25, 0.3) is 0 Å². The third-order valence-corrected chi connectivity index (χ3v) is 10.7. The molecular formula is C39H51N5O8. The Balaban J connectivity index is 1.49. The molecule has 0 saturated carbocycles. The number of likely N-dealkylation sites (N-methyl/N-ethyl adjacent to an activating group) is 1. The quantitative estimate of drug-likeness (QED) is 0.261. The number of nitriles is 1. The summed E-state index contributed by atoms with van der Waals surface area (Å²) < 4.78 is 35.7. The smallest absolute Gasteiger partial charge is 0.408 e. The highest BCUT2D eigenvalue weighted by Gasteiger charge is 2.56. The van der Waals surface area contributed by atoms with E-state index in [9.17, 15) is 14.9 Å². The highest BCUT2D eigenvalue weighted by molar-refractivity contribution is 5.85. The van der Waals surface area contributed by atoms with E-state index in [-0.39, 0.29) is 44.9 Å². The molecule has 2 N–H and O–H groups in total. The molecule has 4 aliphatic heterocycles. The molecule has 0 radical (unpaired) electrons. The lowest BCUT2D eigenvalue weighted by atomic mass is 9.71. The number of hydrogen-bond acceptors (Lipinski definition) is 11. The number of aryl methyl sites for hydroxylation is 1. The van der Waals surface area contributed by atoms with Crippen molar-refractivity contribution in [1.82, 2.24) is 20.4 Å². The Bertz CT molecular complexity index is 1800. The summed E-state index contributed by atoms with van der Waals surface area (Å²) in [6.07, 6.45) is 2.18. The van der Waals surface area contributed by atoms with Gasteiger partial charge in [0.2, 0.25) is 12.7 Å². The van der Waals surface area contributed by atoms with Gasteiger partial charge in [-0.1, -0.05) is 18.7 Å². The molecule has 1 fully saturated rings. The van der Waals surface area contributed by atoms with Crippen molar-refractivity contribution in [2.45, 2.75) is 103 Å². The molecule has 52 heavy (non-hydrogen) atoms. The summed E-state index contributed by atoms with van der Waals surface area (Å²) in [7, 11) is 3.70. The Hall–Kier alpha value is -4.51. The number of rotatable bonds is 10. The molecule has 13 nitrogen and oxygen atoms in total. The minimum Gasteiger partial charge on any atom is -0.489 e. The number of carbonyl (C=O) groups excluding carboxylic acids is 2. The summed E-state index contributed by atoms with van der Waals surface area (Å²) in [6, 6.07) is 2.37. The van der Waals surface area contributed by atoms with Crippen LogP contribution in [-0.4, -0.2) is 92.5 Å². The molecule has 1 unspecified atom stereocenters. The van der Waals surface area contributed by atoms with Crippen LogP contribution >= 0.6 is 0 Å². The largest absolute Gasteiger partial charge is 0.489 e. The summed E-state index contributed by atoms with van der Waals surface area (Å²) in [4.78, 5) is 30.8. The van der Waals surface area contributed by atoms with Crippen LogP contribution in [0.1, 0.15) is 78.7 Å². The van der Waals surface area contributed by atoms with E-state index in [4.69, 9.17) is 28.4 Å². The number of nitrogens with zero attached hydrogens (tertiary/aromatic N) is 3. The Kier molecular flexibility index (Phi) is 10.4. The molecular weight excluding hydrogens is 666 g/mol. The molecule has 2 bridgehead atoms. The molecule has 4 aliphatic rings. The van der Waals surface area contributed by atoms with Crippen molar-refractivity contribution in [2.24, 2.45) is 0 Å². The predicted molar refractivity (Wildman–Crippen MR) is 193 cm³/mol. The van der Waals surface area contributed by atoms with Crippen molar-refractivity contribution < 1.29 is 38.0 Å². The number of hydrogen-bond donors (Lipinski definition) is 2. The van der Waals surface area contributed by atoms with Gasteiger partial charge in [-0.15, -0.1) is 0 Å². The molecule has 6 rings (SSSR count). The van der Waals surface area contributed by atoms with Crippen molar-refractivity contribution in [1.29, 1.82) is 5.26 Å². The first-order valence-electron chi connectivity index (χ1n) is 17.8. The second kappa shape index (κ2) is 14.5. The van der Waals surface area contributed by atoms with Crippen molar-refractivity contribution in [3.05, 3.63) is 57.7 Å². The van der Waals surface area contributed by atoms with E-state index in [0.717, 1.165) is 44.7 Å². The highest BCUT2D eigenvalue weighted by atomic mass is 16.7. The zero-order chi connectivity index (χ0) is 37.6. The van der Waals surface area contributed by atoms with Crippen molar-refractivity contribution in [3.8, 4) is 29.1 Å². The first-order chi connectivity index (χ1) is 24.7. The number of alkyl carbamates (subject to hydrolysis) is 1. The molecule has 0 spiro atoms. The SMILES string of the molecule is C=CCOc1c(C)c2c(c3c1CC1[C@H]4c5c(cc(C)c(C)c5OCOC)C[C@@H]([C@H](C#N)N1[C@H]3CNC(=O)[C@H](C)NC(=O)OC(C)(C)C)N4C)OCO2. The van der Waals surface area contributed by atoms with Crippen LogP contribution in [-0.2, 0) is 27.1 Å². The van der Waals surface area contributed by atoms with E-state index >= 15 is 0 Å². The molecule has 280 valence electrons. The number of fused-ring (bicyclic) bond motifs is 9. The van der Waals surface area contributed by atoms with Crippen LogP contribution in [0.2, 0.25) is 0 Å². The number of methoxy groups -OCH3 is 1. The Morgan fingerprint density at radius 1 is 1.10 bits per heavy atom. The van der Waals surface area contributed by atoms with Gasteiger partial charge in [0.1, 0.15) is 35.8 Å². The Labute approximate surface area is 306 Å². The van der Waals surface area contributed by atoms with Gasteiger partial charge >= 0.3 is 6.09 Å². The minimum atomic E-state index is -0.888. The van der Waals surface area contributed by atoms with Crippen LogP contribution in [0.15, 0.2) is 18.7 Å². The molecule has 2 aromatic rings. The molecule has 6 atom stereocenters. The summed E-state index contributed by atoms with van der Waals surface area (Å²) in [5.74, 6) is 2.26. The molecule has 0 aliphatic carbocycles. The van der Waals surface area contributed by atoms with Crippen molar-refractivity contribution in [2.75, 3.05) is 40.9 Å². The van der Waals surface area contributed by atoms with Crippen LogP contribution in [0, 0.1) is 32.1 Å². The van der Waals surface area contributed by atoms with Gasteiger partial charge in [-0.25, -0.2) is 4.79 Å². The monoisotopic (exact) mass is 717 g/mol. The molecule has 4 heterocycles. The summed E-state index contributed by atoms with van der Waals surface area (Å²) in [5.41, 5.74) is 6.25. The van der Waals surface area contributed by atoms with Crippen LogP contribution in [0.4, 0.5) is 4.79 Å². The number of amides is 2. The van der Waals surface area contributed by atoms with Gasteiger partial charge in [-0.05, 0) is 85.0 Å². The lowest BCUT2D eigenvalue weighted by Crippen LogP contribution is -2.69. The predicted octanol–water partition coefficient (Wildman–Crippen LogP) is 4.69. The zero-order valence-electron chi connectivity index (χ0n) is 31.7. The number of nitrogens with one attached hydrogen (secondary N) is 2. The summed E-state index contributed by atoms with van der Waals surface area (Å²) in [5, 5.41) is 16.7. The van der Waals surface area contributed by atoms with E-state index in [1.165, 1.54) is 0 Å². The second-order valence-corrected chi connectivity index (χ2v) is 15.1. The molecule has 0 aromatic heterocycles. The standard InChI is InChI=1S/C39H51N5O8/c1-11-12-48-33-22(4)35-36(51-19-50-35)31-25(33)15-27-32-30-24(13-20(2)21(3)34(30)49-18-47-10)14-26(43(32)9)28(16-40)44(27)29(31)17-41-37(45)23(5)42-38(46)52-39(6,7)8/h11,13,23,26-29,32H,1,12,14-15,17-19H2,2-10H3,(H,41,45)(H,42,46)/t23-,26-,27?,28-,29-,32-/m0/s1. The first kappa shape index (κ1) is 37.3. The maximum Gasteiger partial charge on any atom is 0.408 e. The normalized spacial score (nSPS) is 23.7. The van der Waals surface area contributed by atoms with Crippen molar-refractivity contribution in [3.63, 3.8) is 0 Å². The van der Waals surface area contributed by atoms with Gasteiger partial charge < -0.3 is 39.1 Å². The molecule has 2 amide bonds. The fourth-order valence-electron chi connectivity index (χ4n) is 8.42. The number of piperazine rings is 1. The maximum absolute atomic E-state index is 13.6. The molecule has 1 saturated heterocycles. The summed E-state index contributed by atoms with van der Waals surface area (Å²) in [6.45, 7) is 17.4. The third kappa shape index (κ3) is 6.52. The lowest BCUT2D eigenvalue weighted by Gasteiger charge is -2.60. The van der Waals surface area contributed by atoms with Crippen LogP contribution in [0.3, 0.4) is 0 Å². The maximum atomic E-state index is 13.6. The van der Waals surface area contributed by atoms with Crippen LogP contribution in [0.5, 0.6) is 23.0 Å². The van der Waals surface area contributed by atoms with Gasteiger partial charge in [0.25, 0.3) is 0 Å². The zero-order valence-corrected chi connectivity index (χ0v) is 31.7. The number of carbonyl (C=O) groups is 2. The fourth-order valence-corrected chi connectivity index (χ4v) is 8.42. The topological polar surface area (TPSA) is 144 Å². The van der Waals surface area contributed by atoms with E-state index in [2.05, 4.69) is 60.0 Å². The average Bonchev–Trinajstić information content (AvgIpc) is 3.57. The third-order valence-electron chi connectivity index (χ3n) is 10.7. The van der Waals surface area contributed by atoms with E-state index in [1.807, 2.05) is 6.92 Å².